The Bertz CT molecular complexity index is 489. The average Bonchev–Trinajstić information content (AvgIpc) is 2.27. The number of aryl methyl sites for hydroxylation is 1. The summed E-state index contributed by atoms with van der Waals surface area (Å²) >= 11 is 0. The van der Waals surface area contributed by atoms with Gasteiger partial charge in [-0.1, -0.05) is 12.1 Å². The SMILES string of the molecule is COc1ccc(CCS(=O)(=O)N=[N+]=N)cc1. The van der Waals surface area contributed by atoms with E-state index in [2.05, 4.69) is 9.43 Å². The van der Waals surface area contributed by atoms with Crippen LogP contribution in [0.15, 0.2) is 28.8 Å². The number of benzene rings is 1. The third kappa shape index (κ3) is 3.80. The molecule has 1 N–H and O–H groups in total. The molecule has 16 heavy (non-hydrogen) atoms. The molecule has 0 atom stereocenters. The lowest BCUT2D eigenvalue weighted by Crippen LogP contribution is -2.05. The van der Waals surface area contributed by atoms with Gasteiger partial charge in [0.2, 0.25) is 4.91 Å². The van der Waals surface area contributed by atoms with Crippen molar-refractivity contribution in [2.75, 3.05) is 12.9 Å². The Balaban J connectivity index is 2.65. The molecular weight excluding hydrogens is 230 g/mol. The van der Waals surface area contributed by atoms with Crippen LogP contribution in [0.25, 0.3) is 0 Å². The minimum atomic E-state index is -3.61. The molecule has 0 aliphatic rings. The van der Waals surface area contributed by atoms with E-state index < -0.39 is 10.0 Å². The first kappa shape index (κ1) is 12.4. The van der Waals surface area contributed by atoms with Gasteiger partial charge in [0.05, 0.1) is 12.9 Å². The molecule has 0 fully saturated rings. The van der Waals surface area contributed by atoms with Crippen LogP contribution in [0.1, 0.15) is 5.56 Å². The Kier molecular flexibility index (Phi) is 4.16. The van der Waals surface area contributed by atoms with E-state index in [4.69, 9.17) is 10.3 Å². The summed E-state index contributed by atoms with van der Waals surface area (Å²) in [6.07, 6.45) is 0.339. The first-order chi connectivity index (χ1) is 7.57. The molecule has 7 heteroatoms. The Morgan fingerprint density at radius 3 is 2.50 bits per heavy atom. The van der Waals surface area contributed by atoms with Crippen LogP contribution in [0, 0.1) is 5.53 Å². The van der Waals surface area contributed by atoms with Crippen LogP contribution >= 0.6 is 0 Å². The van der Waals surface area contributed by atoms with E-state index in [-0.39, 0.29) is 5.75 Å². The summed E-state index contributed by atoms with van der Waals surface area (Å²) in [7, 11) is -2.04. The summed E-state index contributed by atoms with van der Waals surface area (Å²) in [5.74, 6) is 0.569. The Morgan fingerprint density at radius 2 is 2.00 bits per heavy atom. The third-order valence-corrected chi connectivity index (χ3v) is 3.02. The van der Waals surface area contributed by atoms with Crippen LogP contribution < -0.4 is 9.65 Å². The monoisotopic (exact) mass is 242 g/mol. The van der Waals surface area contributed by atoms with Crippen molar-refractivity contribution in [3.05, 3.63) is 29.8 Å². The minimum absolute atomic E-state index is 0.151. The summed E-state index contributed by atoms with van der Waals surface area (Å²) in [6.45, 7) is 0. The van der Waals surface area contributed by atoms with Crippen LogP contribution in [0.4, 0.5) is 0 Å². The van der Waals surface area contributed by atoms with Crippen molar-refractivity contribution in [1.29, 1.82) is 5.53 Å². The normalized spacial score (nSPS) is 10.6. The van der Waals surface area contributed by atoms with Crippen molar-refractivity contribution < 1.29 is 13.2 Å². The molecule has 0 unspecified atom stereocenters. The molecule has 0 aliphatic carbocycles. The fourth-order valence-corrected chi connectivity index (χ4v) is 1.84. The van der Waals surface area contributed by atoms with E-state index in [9.17, 15) is 8.42 Å². The second kappa shape index (κ2) is 5.39. The molecule has 0 saturated carbocycles. The summed E-state index contributed by atoms with van der Waals surface area (Å²) in [4.78, 5) is 2.51. The number of ether oxygens (including phenoxy) is 1. The standard InChI is InChI=1S/C9H12N3O3S/c1-15-9-4-2-8(3-5-9)6-7-16(13,14)12-11-10/h2-5,10H,6-7H2,1H3/q+1. The molecule has 6 nitrogen and oxygen atoms in total. The lowest BCUT2D eigenvalue weighted by atomic mass is 10.2. The van der Waals surface area contributed by atoms with Gasteiger partial charge in [-0.05, 0) is 24.1 Å². The molecular formula is C9H12N3O3S+. The van der Waals surface area contributed by atoms with Gasteiger partial charge in [-0.15, -0.1) is 0 Å². The first-order valence-electron chi connectivity index (χ1n) is 4.52. The zero-order chi connectivity index (χ0) is 12.0. The lowest BCUT2D eigenvalue weighted by Gasteiger charge is -2.01. The fourth-order valence-electron chi connectivity index (χ4n) is 1.14. The second-order valence-corrected chi connectivity index (χ2v) is 4.80. The Morgan fingerprint density at radius 1 is 1.38 bits per heavy atom. The largest absolute Gasteiger partial charge is 0.497 e. The van der Waals surface area contributed by atoms with Crippen molar-refractivity contribution in [2.24, 2.45) is 4.52 Å². The molecule has 0 radical (unpaired) electrons. The van der Waals surface area contributed by atoms with Crippen LogP contribution in [-0.4, -0.2) is 21.3 Å². The third-order valence-electron chi connectivity index (χ3n) is 1.97. The van der Waals surface area contributed by atoms with Crippen LogP contribution in [-0.2, 0) is 16.4 Å². The molecule has 86 valence electrons. The molecule has 0 aromatic heterocycles. The molecule has 0 saturated heterocycles. The van der Waals surface area contributed by atoms with Gasteiger partial charge in [0.25, 0.3) is 4.52 Å². The number of nitrogens with zero attached hydrogens (tertiary/aromatic N) is 2. The molecule has 1 aromatic rings. The van der Waals surface area contributed by atoms with E-state index in [0.717, 1.165) is 11.3 Å². The van der Waals surface area contributed by atoms with Crippen molar-refractivity contribution in [3.63, 3.8) is 0 Å². The van der Waals surface area contributed by atoms with Gasteiger partial charge in [0, 0.05) is 0 Å². The van der Waals surface area contributed by atoms with Gasteiger partial charge in [-0.25, -0.2) is 0 Å². The van der Waals surface area contributed by atoms with Crippen molar-refractivity contribution in [2.45, 2.75) is 6.42 Å². The van der Waals surface area contributed by atoms with Gasteiger partial charge in [0.15, 0.2) is 0 Å². The minimum Gasteiger partial charge on any atom is -0.497 e. The smallest absolute Gasteiger partial charge is 0.327 e. The first-order valence-corrected chi connectivity index (χ1v) is 6.12. The highest BCUT2D eigenvalue weighted by Gasteiger charge is 2.14. The lowest BCUT2D eigenvalue weighted by molar-refractivity contribution is 0.414. The highest BCUT2D eigenvalue weighted by atomic mass is 32.2. The van der Waals surface area contributed by atoms with Gasteiger partial charge in [-0.3, -0.25) is 0 Å². The van der Waals surface area contributed by atoms with Crippen LogP contribution in [0.5, 0.6) is 5.75 Å². The number of nitrogens with one attached hydrogen (secondary N) is 1. The van der Waals surface area contributed by atoms with Crippen LogP contribution in [0.3, 0.4) is 0 Å². The zero-order valence-corrected chi connectivity index (χ0v) is 9.57. The van der Waals surface area contributed by atoms with E-state index in [1.165, 1.54) is 0 Å². The molecule has 0 heterocycles. The van der Waals surface area contributed by atoms with Gasteiger partial charge in [-0.2, -0.15) is 8.42 Å². The summed E-state index contributed by atoms with van der Waals surface area (Å²) in [5.41, 5.74) is 7.22. The second-order valence-electron chi connectivity index (χ2n) is 3.07. The van der Waals surface area contributed by atoms with E-state index in [1.54, 1.807) is 31.4 Å². The molecule has 1 aromatic carbocycles. The van der Waals surface area contributed by atoms with Crippen molar-refractivity contribution >= 4 is 10.0 Å². The van der Waals surface area contributed by atoms with Gasteiger partial charge < -0.3 is 4.74 Å². The maximum Gasteiger partial charge on any atom is 0.327 e. The molecule has 1 rings (SSSR count). The Labute approximate surface area is 93.5 Å². The van der Waals surface area contributed by atoms with Gasteiger partial charge >= 0.3 is 10.0 Å². The number of sulfonamides is 1. The van der Waals surface area contributed by atoms with Gasteiger partial charge in [0.1, 0.15) is 11.3 Å². The highest BCUT2D eigenvalue weighted by molar-refractivity contribution is 7.89. The topological polar surface area (TPSA) is 93.7 Å². The fraction of sp³-hybridized carbons (Fsp3) is 0.333. The van der Waals surface area contributed by atoms with E-state index in [1.807, 2.05) is 0 Å². The predicted molar refractivity (Wildman–Crippen MR) is 57.8 cm³/mol. The number of hydrogen-bond donors (Lipinski definition) is 1. The maximum absolute atomic E-state index is 11.1. The molecule has 0 aliphatic heterocycles. The number of hydrogen-bond acceptors (Lipinski definition) is 4. The Hall–Kier alpha value is -1.72. The molecule has 0 spiro atoms. The predicted octanol–water partition coefficient (Wildman–Crippen LogP) is 1.12. The maximum atomic E-state index is 11.1. The number of methoxy groups -OCH3 is 1. The van der Waals surface area contributed by atoms with Crippen molar-refractivity contribution in [1.82, 2.24) is 4.91 Å². The summed E-state index contributed by atoms with van der Waals surface area (Å²) in [5, 5.41) is 0. The number of rotatable bonds is 5. The zero-order valence-electron chi connectivity index (χ0n) is 8.75. The summed E-state index contributed by atoms with van der Waals surface area (Å²) < 4.78 is 30.1. The molecule has 0 bridgehead atoms. The molecule has 0 amide bonds. The van der Waals surface area contributed by atoms with Crippen molar-refractivity contribution in [3.8, 4) is 5.75 Å². The average molecular weight is 242 g/mol. The summed E-state index contributed by atoms with van der Waals surface area (Å²) in [6, 6.07) is 7.08. The van der Waals surface area contributed by atoms with E-state index >= 15 is 0 Å². The van der Waals surface area contributed by atoms with Crippen LogP contribution in [0.2, 0.25) is 0 Å². The quantitative estimate of drug-likeness (QED) is 0.619. The van der Waals surface area contributed by atoms with E-state index in [0.29, 0.717) is 6.42 Å². The highest BCUT2D eigenvalue weighted by Crippen LogP contribution is 2.12.